The van der Waals surface area contributed by atoms with E-state index in [1.165, 1.54) is 6.07 Å². The molecule has 0 fully saturated rings. The number of nitrogens with zero attached hydrogens (tertiary/aromatic N) is 1. The van der Waals surface area contributed by atoms with Gasteiger partial charge in [-0.3, -0.25) is 0 Å². The van der Waals surface area contributed by atoms with Crippen molar-refractivity contribution in [2.75, 3.05) is 0 Å². The highest BCUT2D eigenvalue weighted by molar-refractivity contribution is 6.40. The molecule has 1 N–H and O–H groups in total. The van der Waals surface area contributed by atoms with Gasteiger partial charge in [0.2, 0.25) is 0 Å². The Morgan fingerprint density at radius 1 is 1.12 bits per heavy atom. The highest BCUT2D eigenvalue weighted by atomic mass is 35.5. The molecule has 0 radical (unpaired) electrons. The van der Waals surface area contributed by atoms with Crippen molar-refractivity contribution in [1.82, 2.24) is 0 Å². The number of hydrogen-bond donors (Lipinski definition) is 1. The Hall–Kier alpha value is -1.69. The Balaban J connectivity index is 2.68. The predicted octanol–water partition coefficient (Wildman–Crippen LogP) is 4.24. The van der Waals surface area contributed by atoms with Crippen molar-refractivity contribution < 1.29 is 5.11 Å². The molecule has 0 aliphatic heterocycles. The number of rotatable bonds is 1. The molecule has 0 atom stereocenters. The lowest BCUT2D eigenvalue weighted by Gasteiger charge is -2.08. The minimum atomic E-state index is -0.0339. The van der Waals surface area contributed by atoms with Crippen LogP contribution in [-0.2, 0) is 0 Å². The van der Waals surface area contributed by atoms with Gasteiger partial charge in [0.25, 0.3) is 0 Å². The van der Waals surface area contributed by atoms with Gasteiger partial charge in [0, 0.05) is 5.56 Å². The van der Waals surface area contributed by atoms with E-state index in [4.69, 9.17) is 28.5 Å². The first-order chi connectivity index (χ1) is 8.13. The average Bonchev–Trinajstić information content (AvgIpc) is 2.35. The van der Waals surface area contributed by atoms with Gasteiger partial charge in [-0.15, -0.1) is 0 Å². The van der Waals surface area contributed by atoms with Crippen molar-refractivity contribution in [1.29, 1.82) is 5.26 Å². The second-order valence-electron chi connectivity index (χ2n) is 3.45. The lowest BCUT2D eigenvalue weighted by molar-refractivity contribution is 0.476. The summed E-state index contributed by atoms with van der Waals surface area (Å²) >= 11 is 12.1. The van der Waals surface area contributed by atoms with Crippen LogP contribution in [0.2, 0.25) is 10.0 Å². The third-order valence-electron chi connectivity index (χ3n) is 2.35. The standard InChI is InChI=1S/C13H7Cl2NO/c14-10-4-5-11(17)13(15)12(10)9-3-1-2-8(6-9)7-16/h1-6,17H. The monoisotopic (exact) mass is 263 g/mol. The van der Waals surface area contributed by atoms with E-state index in [1.807, 2.05) is 6.07 Å². The van der Waals surface area contributed by atoms with Gasteiger partial charge in [-0.2, -0.15) is 5.26 Å². The third kappa shape index (κ3) is 2.21. The number of aromatic hydroxyl groups is 1. The Bertz CT molecular complexity index is 617. The van der Waals surface area contributed by atoms with Gasteiger partial charge < -0.3 is 5.11 Å². The summed E-state index contributed by atoms with van der Waals surface area (Å²) in [6.45, 7) is 0. The summed E-state index contributed by atoms with van der Waals surface area (Å²) in [4.78, 5) is 0. The van der Waals surface area contributed by atoms with E-state index in [-0.39, 0.29) is 10.8 Å². The van der Waals surface area contributed by atoms with Gasteiger partial charge in [-0.1, -0.05) is 35.3 Å². The van der Waals surface area contributed by atoms with Gasteiger partial charge in [-0.25, -0.2) is 0 Å². The number of phenolic OH excluding ortho intramolecular Hbond substituents is 1. The van der Waals surface area contributed by atoms with Gasteiger partial charge in [-0.05, 0) is 29.8 Å². The van der Waals surface area contributed by atoms with Crippen LogP contribution in [0.3, 0.4) is 0 Å². The molecular formula is C13H7Cl2NO. The zero-order chi connectivity index (χ0) is 12.4. The highest BCUT2D eigenvalue weighted by Gasteiger charge is 2.12. The van der Waals surface area contributed by atoms with E-state index in [1.54, 1.807) is 30.3 Å². The topological polar surface area (TPSA) is 44.0 Å². The van der Waals surface area contributed by atoms with E-state index in [0.717, 1.165) is 0 Å². The van der Waals surface area contributed by atoms with Crippen molar-refractivity contribution in [3.63, 3.8) is 0 Å². The fourth-order valence-electron chi connectivity index (χ4n) is 1.55. The maximum Gasteiger partial charge on any atom is 0.134 e. The molecule has 17 heavy (non-hydrogen) atoms. The molecule has 0 amide bonds. The van der Waals surface area contributed by atoms with Crippen molar-refractivity contribution in [3.8, 4) is 22.9 Å². The number of hydrogen-bond acceptors (Lipinski definition) is 2. The highest BCUT2D eigenvalue weighted by Crippen LogP contribution is 2.39. The second kappa shape index (κ2) is 4.67. The normalized spacial score (nSPS) is 9.94. The number of benzene rings is 2. The molecule has 2 aromatic rings. The molecular weight excluding hydrogens is 257 g/mol. The molecule has 0 aliphatic rings. The largest absolute Gasteiger partial charge is 0.506 e. The Labute approximate surface area is 109 Å². The fraction of sp³-hybridized carbons (Fsp3) is 0. The molecule has 0 aromatic heterocycles. The van der Waals surface area contributed by atoms with Gasteiger partial charge in [0.1, 0.15) is 5.75 Å². The molecule has 2 rings (SSSR count). The molecule has 84 valence electrons. The molecule has 0 saturated carbocycles. The first kappa shape index (κ1) is 11.8. The first-order valence-electron chi connectivity index (χ1n) is 4.81. The Morgan fingerprint density at radius 2 is 1.88 bits per heavy atom. The molecule has 0 bridgehead atoms. The van der Waals surface area contributed by atoms with E-state index in [9.17, 15) is 5.11 Å². The SMILES string of the molecule is N#Cc1cccc(-c2c(Cl)ccc(O)c2Cl)c1. The summed E-state index contributed by atoms with van der Waals surface area (Å²) < 4.78 is 0. The van der Waals surface area contributed by atoms with Gasteiger partial charge in [0.05, 0.1) is 21.7 Å². The van der Waals surface area contributed by atoms with Crippen LogP contribution in [0.25, 0.3) is 11.1 Å². The predicted molar refractivity (Wildman–Crippen MR) is 68.3 cm³/mol. The van der Waals surface area contributed by atoms with Gasteiger partial charge >= 0.3 is 0 Å². The second-order valence-corrected chi connectivity index (χ2v) is 4.23. The van der Waals surface area contributed by atoms with Crippen LogP contribution >= 0.6 is 23.2 Å². The maximum absolute atomic E-state index is 9.56. The van der Waals surface area contributed by atoms with E-state index in [0.29, 0.717) is 21.7 Å². The Morgan fingerprint density at radius 3 is 2.59 bits per heavy atom. The smallest absolute Gasteiger partial charge is 0.134 e. The van der Waals surface area contributed by atoms with E-state index >= 15 is 0 Å². The van der Waals surface area contributed by atoms with Crippen LogP contribution < -0.4 is 0 Å². The first-order valence-corrected chi connectivity index (χ1v) is 5.56. The van der Waals surface area contributed by atoms with Crippen LogP contribution in [0.5, 0.6) is 5.75 Å². The van der Waals surface area contributed by atoms with Crippen LogP contribution in [0, 0.1) is 11.3 Å². The summed E-state index contributed by atoms with van der Waals surface area (Å²) in [7, 11) is 0. The molecule has 4 heteroatoms. The minimum Gasteiger partial charge on any atom is -0.506 e. The van der Waals surface area contributed by atoms with Crippen LogP contribution in [0.15, 0.2) is 36.4 Å². The lowest BCUT2D eigenvalue weighted by atomic mass is 10.0. The number of phenols is 1. The van der Waals surface area contributed by atoms with Crippen LogP contribution in [0.1, 0.15) is 5.56 Å². The average molecular weight is 264 g/mol. The van der Waals surface area contributed by atoms with Crippen LogP contribution in [-0.4, -0.2) is 5.11 Å². The van der Waals surface area contributed by atoms with Crippen molar-refractivity contribution in [3.05, 3.63) is 52.0 Å². The molecule has 0 unspecified atom stereocenters. The number of halogens is 2. The summed E-state index contributed by atoms with van der Waals surface area (Å²) in [5.74, 6) is -0.0339. The lowest BCUT2D eigenvalue weighted by Crippen LogP contribution is -1.84. The summed E-state index contributed by atoms with van der Waals surface area (Å²) in [6.07, 6.45) is 0. The fourth-order valence-corrected chi connectivity index (χ4v) is 2.14. The van der Waals surface area contributed by atoms with E-state index < -0.39 is 0 Å². The third-order valence-corrected chi connectivity index (χ3v) is 3.05. The quantitative estimate of drug-likeness (QED) is 0.837. The molecule has 2 nitrogen and oxygen atoms in total. The molecule has 2 aromatic carbocycles. The minimum absolute atomic E-state index is 0.0339. The molecule has 0 saturated heterocycles. The van der Waals surface area contributed by atoms with Gasteiger partial charge in [0.15, 0.2) is 0 Å². The molecule has 0 heterocycles. The maximum atomic E-state index is 9.56. The zero-order valence-electron chi connectivity index (χ0n) is 8.61. The van der Waals surface area contributed by atoms with Crippen molar-refractivity contribution >= 4 is 23.2 Å². The zero-order valence-corrected chi connectivity index (χ0v) is 10.1. The summed E-state index contributed by atoms with van der Waals surface area (Å²) in [6, 6.07) is 11.9. The van der Waals surface area contributed by atoms with Crippen molar-refractivity contribution in [2.24, 2.45) is 0 Å². The van der Waals surface area contributed by atoms with Crippen LogP contribution in [0.4, 0.5) is 0 Å². The van der Waals surface area contributed by atoms with Crippen molar-refractivity contribution in [2.45, 2.75) is 0 Å². The Kier molecular flexibility index (Phi) is 3.23. The summed E-state index contributed by atoms with van der Waals surface area (Å²) in [5, 5.41) is 19.0. The summed E-state index contributed by atoms with van der Waals surface area (Å²) in [5.41, 5.74) is 1.75. The van der Waals surface area contributed by atoms with E-state index in [2.05, 4.69) is 0 Å². The molecule has 0 spiro atoms. The number of nitriles is 1. The molecule has 0 aliphatic carbocycles.